The minimum atomic E-state index is -0.784. The Balaban J connectivity index is 1.49. The summed E-state index contributed by atoms with van der Waals surface area (Å²) in [6.07, 6.45) is 0.993. The summed E-state index contributed by atoms with van der Waals surface area (Å²) in [6, 6.07) is 4.16. The molecule has 0 bridgehead atoms. The third-order valence-electron chi connectivity index (χ3n) is 4.14. The number of rotatable bonds is 5. The van der Waals surface area contributed by atoms with E-state index in [4.69, 9.17) is 0 Å². The molecule has 1 aliphatic heterocycles. The molecular formula is C17H21F2N3S. The topological polar surface area (TPSA) is 19.4 Å². The molecule has 0 spiro atoms. The molecule has 0 amide bonds. The van der Waals surface area contributed by atoms with E-state index < -0.39 is 11.6 Å². The van der Waals surface area contributed by atoms with Crippen molar-refractivity contribution in [3.05, 3.63) is 51.5 Å². The number of hydrogen-bond donors (Lipinski definition) is 0. The Morgan fingerprint density at radius 2 is 1.74 bits per heavy atom. The summed E-state index contributed by atoms with van der Waals surface area (Å²) >= 11 is 1.73. The van der Waals surface area contributed by atoms with Crippen LogP contribution in [0.1, 0.15) is 23.2 Å². The highest BCUT2D eigenvalue weighted by molar-refractivity contribution is 7.09. The maximum Gasteiger partial charge on any atom is 0.159 e. The van der Waals surface area contributed by atoms with E-state index in [1.165, 1.54) is 17.1 Å². The third-order valence-corrected chi connectivity index (χ3v) is 5.18. The summed E-state index contributed by atoms with van der Waals surface area (Å²) in [5, 5.41) is 3.34. The van der Waals surface area contributed by atoms with Crippen molar-refractivity contribution >= 4 is 11.3 Å². The predicted molar refractivity (Wildman–Crippen MR) is 88.4 cm³/mol. The molecule has 3 nitrogen and oxygen atoms in total. The number of nitrogens with zero attached hydrogens (tertiary/aromatic N) is 3. The monoisotopic (exact) mass is 337 g/mol. The van der Waals surface area contributed by atoms with Gasteiger partial charge in [0.1, 0.15) is 0 Å². The number of aromatic nitrogens is 1. The Morgan fingerprint density at radius 1 is 1.04 bits per heavy atom. The lowest BCUT2D eigenvalue weighted by Crippen LogP contribution is -2.45. The van der Waals surface area contributed by atoms with Gasteiger partial charge in [-0.05, 0) is 24.1 Å². The smallest absolute Gasteiger partial charge is 0.159 e. The van der Waals surface area contributed by atoms with Gasteiger partial charge in [0.05, 0.1) is 10.7 Å². The van der Waals surface area contributed by atoms with Gasteiger partial charge in [0.2, 0.25) is 0 Å². The van der Waals surface area contributed by atoms with Gasteiger partial charge < -0.3 is 0 Å². The van der Waals surface area contributed by atoms with Crippen LogP contribution in [0.2, 0.25) is 0 Å². The highest BCUT2D eigenvalue weighted by Crippen LogP contribution is 2.15. The van der Waals surface area contributed by atoms with Crippen molar-refractivity contribution in [2.45, 2.75) is 26.4 Å². The van der Waals surface area contributed by atoms with E-state index in [2.05, 4.69) is 27.1 Å². The first kappa shape index (κ1) is 16.5. The van der Waals surface area contributed by atoms with Gasteiger partial charge in [0.15, 0.2) is 11.6 Å². The molecule has 0 atom stereocenters. The van der Waals surface area contributed by atoms with Crippen molar-refractivity contribution in [1.82, 2.24) is 14.8 Å². The summed E-state index contributed by atoms with van der Waals surface area (Å²) in [7, 11) is 0. The lowest BCUT2D eigenvalue weighted by molar-refractivity contribution is 0.121. The van der Waals surface area contributed by atoms with Crippen molar-refractivity contribution in [1.29, 1.82) is 0 Å². The van der Waals surface area contributed by atoms with Gasteiger partial charge in [0, 0.05) is 44.6 Å². The fourth-order valence-corrected chi connectivity index (χ4v) is 3.55. The highest BCUT2D eigenvalue weighted by atomic mass is 32.1. The van der Waals surface area contributed by atoms with Gasteiger partial charge in [-0.1, -0.05) is 13.0 Å². The van der Waals surface area contributed by atoms with Crippen LogP contribution in [0.15, 0.2) is 23.6 Å². The van der Waals surface area contributed by atoms with E-state index in [0.29, 0.717) is 6.54 Å². The average molecular weight is 337 g/mol. The van der Waals surface area contributed by atoms with Crippen LogP contribution < -0.4 is 0 Å². The van der Waals surface area contributed by atoms with Crippen molar-refractivity contribution in [3.8, 4) is 0 Å². The first-order valence-corrected chi connectivity index (χ1v) is 8.84. The number of benzene rings is 1. The van der Waals surface area contributed by atoms with Crippen LogP contribution in [0.3, 0.4) is 0 Å². The molecule has 3 rings (SSSR count). The van der Waals surface area contributed by atoms with E-state index in [0.717, 1.165) is 50.4 Å². The van der Waals surface area contributed by atoms with Crippen LogP contribution in [0, 0.1) is 11.6 Å². The Bertz CT molecular complexity index is 651. The Kier molecular flexibility index (Phi) is 5.35. The average Bonchev–Trinajstić information content (AvgIpc) is 3.00. The first-order chi connectivity index (χ1) is 11.1. The lowest BCUT2D eigenvalue weighted by Gasteiger charge is -2.34. The molecule has 0 radical (unpaired) electrons. The van der Waals surface area contributed by atoms with Crippen LogP contribution in [0.25, 0.3) is 0 Å². The van der Waals surface area contributed by atoms with Gasteiger partial charge in [-0.3, -0.25) is 9.80 Å². The standard InChI is InChI=1S/C17H21F2N3S/c1-2-17-20-14(12-23-17)11-22-7-5-21(6-8-22)10-13-3-4-15(18)16(19)9-13/h3-4,9,12H,2,5-8,10-11H2,1H3. The summed E-state index contributed by atoms with van der Waals surface area (Å²) < 4.78 is 26.2. The fourth-order valence-electron chi connectivity index (χ4n) is 2.81. The summed E-state index contributed by atoms with van der Waals surface area (Å²) in [5.41, 5.74) is 1.98. The number of aryl methyl sites for hydroxylation is 1. The van der Waals surface area contributed by atoms with Crippen molar-refractivity contribution in [2.24, 2.45) is 0 Å². The maximum absolute atomic E-state index is 13.3. The Labute approximate surface area is 139 Å². The molecule has 0 saturated carbocycles. The summed E-state index contributed by atoms with van der Waals surface area (Å²) in [4.78, 5) is 9.29. The van der Waals surface area contributed by atoms with E-state index in [1.54, 1.807) is 17.4 Å². The van der Waals surface area contributed by atoms with Crippen molar-refractivity contribution in [2.75, 3.05) is 26.2 Å². The minimum Gasteiger partial charge on any atom is -0.297 e. The quantitative estimate of drug-likeness (QED) is 0.834. The van der Waals surface area contributed by atoms with Gasteiger partial charge >= 0.3 is 0 Å². The van der Waals surface area contributed by atoms with Crippen LogP contribution in [-0.4, -0.2) is 41.0 Å². The fraction of sp³-hybridized carbons (Fsp3) is 0.471. The van der Waals surface area contributed by atoms with Gasteiger partial charge in [-0.25, -0.2) is 13.8 Å². The number of hydrogen-bond acceptors (Lipinski definition) is 4. The number of piperazine rings is 1. The molecule has 2 aromatic rings. The maximum atomic E-state index is 13.3. The molecule has 6 heteroatoms. The van der Waals surface area contributed by atoms with E-state index >= 15 is 0 Å². The van der Waals surface area contributed by atoms with Crippen LogP contribution in [0.4, 0.5) is 8.78 Å². The second-order valence-corrected chi connectivity index (χ2v) is 6.83. The molecule has 1 fully saturated rings. The minimum absolute atomic E-state index is 0.668. The van der Waals surface area contributed by atoms with E-state index in [9.17, 15) is 8.78 Å². The zero-order valence-electron chi connectivity index (χ0n) is 13.3. The largest absolute Gasteiger partial charge is 0.297 e. The van der Waals surface area contributed by atoms with Crippen LogP contribution >= 0.6 is 11.3 Å². The molecule has 1 aromatic carbocycles. The molecule has 23 heavy (non-hydrogen) atoms. The zero-order valence-corrected chi connectivity index (χ0v) is 14.1. The predicted octanol–water partition coefficient (Wildman–Crippen LogP) is 3.30. The van der Waals surface area contributed by atoms with Crippen LogP contribution in [0.5, 0.6) is 0 Å². The van der Waals surface area contributed by atoms with E-state index in [1.807, 2.05) is 0 Å². The molecule has 0 aliphatic carbocycles. The molecule has 124 valence electrons. The molecule has 1 saturated heterocycles. The zero-order chi connectivity index (χ0) is 16.2. The lowest BCUT2D eigenvalue weighted by atomic mass is 10.2. The SMILES string of the molecule is CCc1nc(CN2CCN(Cc3ccc(F)c(F)c3)CC2)cs1. The highest BCUT2D eigenvalue weighted by Gasteiger charge is 2.18. The van der Waals surface area contributed by atoms with Gasteiger partial charge in [-0.15, -0.1) is 11.3 Å². The summed E-state index contributed by atoms with van der Waals surface area (Å²) in [6.45, 7) is 7.51. The Hall–Kier alpha value is -1.37. The molecule has 1 aliphatic rings. The molecule has 2 heterocycles. The second kappa shape index (κ2) is 7.47. The number of thiazole rings is 1. The first-order valence-electron chi connectivity index (χ1n) is 7.96. The van der Waals surface area contributed by atoms with Crippen molar-refractivity contribution < 1.29 is 8.78 Å². The van der Waals surface area contributed by atoms with E-state index in [-0.39, 0.29) is 0 Å². The Morgan fingerprint density at radius 3 is 2.35 bits per heavy atom. The summed E-state index contributed by atoms with van der Waals surface area (Å²) in [5.74, 6) is -1.55. The molecule has 1 aromatic heterocycles. The molecule has 0 N–H and O–H groups in total. The number of halogens is 2. The van der Waals surface area contributed by atoms with Gasteiger partial charge in [0.25, 0.3) is 0 Å². The third kappa shape index (κ3) is 4.34. The molecule has 0 unspecified atom stereocenters. The van der Waals surface area contributed by atoms with Crippen molar-refractivity contribution in [3.63, 3.8) is 0 Å². The molecular weight excluding hydrogens is 316 g/mol. The normalized spacial score (nSPS) is 16.8. The van der Waals surface area contributed by atoms with Crippen LogP contribution in [-0.2, 0) is 19.5 Å². The second-order valence-electron chi connectivity index (χ2n) is 5.89. The van der Waals surface area contributed by atoms with Gasteiger partial charge in [-0.2, -0.15) is 0 Å².